The van der Waals surface area contributed by atoms with Gasteiger partial charge in [-0.2, -0.15) is 5.10 Å². The predicted octanol–water partition coefficient (Wildman–Crippen LogP) is 2.59. The van der Waals surface area contributed by atoms with Gasteiger partial charge in [0.1, 0.15) is 5.02 Å². The third-order valence-corrected chi connectivity index (χ3v) is 3.96. The summed E-state index contributed by atoms with van der Waals surface area (Å²) >= 11 is 11.8. The fraction of sp³-hybridized carbons (Fsp3) is 0.545. The Kier molecular flexibility index (Phi) is 4.66. The summed E-state index contributed by atoms with van der Waals surface area (Å²) in [5.74, 6) is 0.415. The van der Waals surface area contributed by atoms with E-state index in [1.807, 2.05) is 0 Å². The predicted molar refractivity (Wildman–Crippen MR) is 72.9 cm³/mol. The Hall–Kier alpha value is -1.27. The van der Waals surface area contributed by atoms with Crippen LogP contribution in [0.1, 0.15) is 12.8 Å². The van der Waals surface area contributed by atoms with Crippen molar-refractivity contribution in [2.45, 2.75) is 12.8 Å². The van der Waals surface area contributed by atoms with Crippen molar-refractivity contribution in [3.63, 3.8) is 0 Å². The van der Waals surface area contributed by atoms with E-state index in [2.05, 4.69) is 15.5 Å². The second-order valence-electron chi connectivity index (χ2n) is 4.46. The van der Waals surface area contributed by atoms with E-state index in [1.165, 1.54) is 11.1 Å². The molecular formula is C11H14Cl2N4O2. The number of anilines is 1. The summed E-state index contributed by atoms with van der Waals surface area (Å²) in [7, 11) is 0. The molecule has 0 aromatic carbocycles. The number of amides is 1. The average Bonchev–Trinajstić information content (AvgIpc) is 2.41. The second kappa shape index (κ2) is 6.25. The minimum atomic E-state index is -0.848. The normalized spacial score (nSPS) is 16.4. The fourth-order valence-corrected chi connectivity index (χ4v) is 2.35. The van der Waals surface area contributed by atoms with Crippen LogP contribution < -0.4 is 5.32 Å². The molecule has 1 aromatic heterocycles. The quantitative estimate of drug-likeness (QED) is 0.897. The highest BCUT2D eigenvalue weighted by molar-refractivity contribution is 6.42. The van der Waals surface area contributed by atoms with Crippen LogP contribution >= 0.6 is 23.2 Å². The molecule has 0 bridgehead atoms. The third-order valence-electron chi connectivity index (χ3n) is 3.22. The Labute approximate surface area is 120 Å². The van der Waals surface area contributed by atoms with Gasteiger partial charge in [-0.25, -0.2) is 4.79 Å². The van der Waals surface area contributed by atoms with Crippen molar-refractivity contribution in [3.05, 3.63) is 16.4 Å². The number of aromatic nitrogens is 2. The standard InChI is InChI=1S/C11H14Cl2N4O2/c12-9-8(6-15-16-10(9)13)14-5-7-1-3-17(4-2-7)11(18)19/h6-7H,1-5H2,(H,14,16)(H,18,19). The molecule has 1 amide bonds. The summed E-state index contributed by atoms with van der Waals surface area (Å²) < 4.78 is 0. The Bertz CT molecular complexity index is 464. The summed E-state index contributed by atoms with van der Waals surface area (Å²) in [4.78, 5) is 12.2. The number of likely N-dealkylation sites (tertiary alicyclic amines) is 1. The minimum absolute atomic E-state index is 0.173. The summed E-state index contributed by atoms with van der Waals surface area (Å²) in [6.45, 7) is 1.87. The molecular weight excluding hydrogens is 291 g/mol. The monoisotopic (exact) mass is 304 g/mol. The van der Waals surface area contributed by atoms with E-state index in [0.29, 0.717) is 29.7 Å². The van der Waals surface area contributed by atoms with Crippen molar-refractivity contribution >= 4 is 35.0 Å². The molecule has 1 aromatic rings. The number of carboxylic acid groups (broad SMARTS) is 1. The lowest BCUT2D eigenvalue weighted by Crippen LogP contribution is -2.39. The molecule has 0 unspecified atom stereocenters. The van der Waals surface area contributed by atoms with E-state index >= 15 is 0 Å². The first-order valence-corrected chi connectivity index (χ1v) is 6.72. The van der Waals surface area contributed by atoms with Gasteiger partial charge in [0.25, 0.3) is 0 Å². The van der Waals surface area contributed by atoms with Crippen molar-refractivity contribution < 1.29 is 9.90 Å². The molecule has 1 fully saturated rings. The molecule has 0 saturated carbocycles. The number of halogens is 2. The van der Waals surface area contributed by atoms with E-state index in [4.69, 9.17) is 28.3 Å². The number of hydrogen-bond donors (Lipinski definition) is 2. The van der Waals surface area contributed by atoms with Crippen molar-refractivity contribution in [1.29, 1.82) is 0 Å². The maximum absolute atomic E-state index is 10.8. The summed E-state index contributed by atoms with van der Waals surface area (Å²) in [6, 6.07) is 0. The molecule has 104 valence electrons. The Balaban J connectivity index is 1.84. The van der Waals surface area contributed by atoms with Gasteiger partial charge in [-0.3, -0.25) is 0 Å². The molecule has 2 heterocycles. The lowest BCUT2D eigenvalue weighted by atomic mass is 9.97. The fourth-order valence-electron chi connectivity index (χ4n) is 2.05. The highest BCUT2D eigenvalue weighted by Crippen LogP contribution is 2.27. The van der Waals surface area contributed by atoms with E-state index in [9.17, 15) is 4.79 Å². The van der Waals surface area contributed by atoms with Gasteiger partial charge < -0.3 is 15.3 Å². The largest absolute Gasteiger partial charge is 0.465 e. The van der Waals surface area contributed by atoms with Gasteiger partial charge >= 0.3 is 6.09 Å². The highest BCUT2D eigenvalue weighted by Gasteiger charge is 2.22. The van der Waals surface area contributed by atoms with E-state index in [-0.39, 0.29) is 5.15 Å². The molecule has 1 saturated heterocycles. The summed E-state index contributed by atoms with van der Waals surface area (Å²) in [5, 5.41) is 19.9. The van der Waals surface area contributed by atoms with Crippen molar-refractivity contribution in [2.75, 3.05) is 25.0 Å². The van der Waals surface area contributed by atoms with Crippen LogP contribution in [0.25, 0.3) is 0 Å². The molecule has 2 rings (SSSR count). The molecule has 2 N–H and O–H groups in total. The van der Waals surface area contributed by atoms with Gasteiger partial charge in [0.05, 0.1) is 11.9 Å². The number of rotatable bonds is 3. The second-order valence-corrected chi connectivity index (χ2v) is 5.19. The molecule has 0 radical (unpaired) electrons. The van der Waals surface area contributed by atoms with E-state index in [1.54, 1.807) is 0 Å². The molecule has 19 heavy (non-hydrogen) atoms. The molecule has 0 atom stereocenters. The van der Waals surface area contributed by atoms with E-state index < -0.39 is 6.09 Å². The zero-order valence-electron chi connectivity index (χ0n) is 10.1. The van der Waals surface area contributed by atoms with Gasteiger partial charge in [-0.1, -0.05) is 23.2 Å². The number of nitrogens with one attached hydrogen (secondary N) is 1. The van der Waals surface area contributed by atoms with Gasteiger partial charge in [-0.15, -0.1) is 5.10 Å². The number of hydrogen-bond acceptors (Lipinski definition) is 4. The van der Waals surface area contributed by atoms with Crippen LogP contribution in [0, 0.1) is 5.92 Å². The number of carbonyl (C=O) groups is 1. The molecule has 1 aliphatic heterocycles. The lowest BCUT2D eigenvalue weighted by molar-refractivity contribution is 0.126. The van der Waals surface area contributed by atoms with Crippen LogP contribution in [-0.4, -0.2) is 45.9 Å². The summed E-state index contributed by atoms with van der Waals surface area (Å²) in [5.41, 5.74) is 0.655. The maximum Gasteiger partial charge on any atom is 0.407 e. The minimum Gasteiger partial charge on any atom is -0.465 e. The lowest BCUT2D eigenvalue weighted by Gasteiger charge is -2.30. The Morgan fingerprint density at radius 1 is 1.47 bits per heavy atom. The van der Waals surface area contributed by atoms with Gasteiger partial charge in [0, 0.05) is 19.6 Å². The van der Waals surface area contributed by atoms with Gasteiger partial charge in [0.2, 0.25) is 0 Å². The van der Waals surface area contributed by atoms with Crippen LogP contribution in [0.15, 0.2) is 6.20 Å². The van der Waals surface area contributed by atoms with Crippen LogP contribution in [0.3, 0.4) is 0 Å². The van der Waals surface area contributed by atoms with Crippen LogP contribution in [0.2, 0.25) is 10.2 Å². The first kappa shape index (κ1) is 14.1. The van der Waals surface area contributed by atoms with Crippen molar-refractivity contribution in [1.82, 2.24) is 15.1 Å². The van der Waals surface area contributed by atoms with E-state index in [0.717, 1.165) is 19.4 Å². The van der Waals surface area contributed by atoms with Crippen molar-refractivity contribution in [3.8, 4) is 0 Å². The maximum atomic E-state index is 10.8. The first-order valence-electron chi connectivity index (χ1n) is 5.96. The summed E-state index contributed by atoms with van der Waals surface area (Å²) in [6.07, 6.45) is 2.35. The van der Waals surface area contributed by atoms with Gasteiger partial charge in [0.15, 0.2) is 5.15 Å². The SMILES string of the molecule is O=C(O)N1CCC(CNc2cnnc(Cl)c2Cl)CC1. The molecule has 8 heteroatoms. The third kappa shape index (κ3) is 3.61. The Morgan fingerprint density at radius 3 is 2.79 bits per heavy atom. The van der Waals surface area contributed by atoms with Gasteiger partial charge in [-0.05, 0) is 18.8 Å². The average molecular weight is 305 g/mol. The number of piperidine rings is 1. The molecule has 0 spiro atoms. The topological polar surface area (TPSA) is 78.4 Å². The Morgan fingerprint density at radius 2 is 2.16 bits per heavy atom. The smallest absolute Gasteiger partial charge is 0.407 e. The molecule has 0 aliphatic carbocycles. The van der Waals surface area contributed by atoms with Crippen LogP contribution in [0.4, 0.5) is 10.5 Å². The zero-order valence-corrected chi connectivity index (χ0v) is 11.7. The van der Waals surface area contributed by atoms with Crippen LogP contribution in [-0.2, 0) is 0 Å². The highest BCUT2D eigenvalue weighted by atomic mass is 35.5. The first-order chi connectivity index (χ1) is 9.08. The van der Waals surface area contributed by atoms with Crippen LogP contribution in [0.5, 0.6) is 0 Å². The molecule has 1 aliphatic rings. The zero-order chi connectivity index (χ0) is 13.8. The molecule has 6 nitrogen and oxygen atoms in total. The number of nitrogens with zero attached hydrogens (tertiary/aromatic N) is 3. The van der Waals surface area contributed by atoms with Crippen molar-refractivity contribution in [2.24, 2.45) is 5.92 Å².